The van der Waals surface area contributed by atoms with Gasteiger partial charge in [0.05, 0.1) is 13.5 Å². The molecule has 2 N–H and O–H groups in total. The van der Waals surface area contributed by atoms with Crippen LogP contribution in [0.5, 0.6) is 11.5 Å². The third kappa shape index (κ3) is 4.77. The first-order valence-corrected chi connectivity index (χ1v) is 9.66. The van der Waals surface area contributed by atoms with Crippen molar-refractivity contribution >= 4 is 21.8 Å². The van der Waals surface area contributed by atoms with Crippen LogP contribution < -0.4 is 14.9 Å². The van der Waals surface area contributed by atoms with E-state index in [-0.39, 0.29) is 17.2 Å². The molecule has 0 aliphatic carbocycles. The van der Waals surface area contributed by atoms with Crippen molar-refractivity contribution in [3.05, 3.63) is 69.8 Å². The van der Waals surface area contributed by atoms with E-state index in [1.54, 1.807) is 24.3 Å². The third-order valence-corrected chi connectivity index (χ3v) is 5.12. The molecule has 11 heteroatoms. The van der Waals surface area contributed by atoms with Crippen LogP contribution in [0.1, 0.15) is 22.3 Å². The summed E-state index contributed by atoms with van der Waals surface area (Å²) in [7, 11) is 1.40. The lowest BCUT2D eigenvalue weighted by molar-refractivity contribution is -0.168. The molecule has 3 rings (SSSR count). The van der Waals surface area contributed by atoms with Gasteiger partial charge in [-0.25, -0.2) is 13.8 Å². The lowest BCUT2D eigenvalue weighted by Gasteiger charge is -2.31. The van der Waals surface area contributed by atoms with E-state index < -0.39 is 36.3 Å². The highest BCUT2D eigenvalue weighted by Gasteiger charge is 2.53. The summed E-state index contributed by atoms with van der Waals surface area (Å²) in [5, 5.41) is 10.3. The molecule has 0 spiro atoms. The molecule has 2 aromatic carbocycles. The average molecular weight is 505 g/mol. The van der Waals surface area contributed by atoms with Gasteiger partial charge in [-0.3, -0.25) is 10.2 Å². The topological polar surface area (TPSA) is 71.0 Å². The van der Waals surface area contributed by atoms with Gasteiger partial charge in [-0.15, -0.1) is 0 Å². The Morgan fingerprint density at radius 2 is 1.94 bits per heavy atom. The fraction of sp³-hybridized carbons (Fsp3) is 0.250. The van der Waals surface area contributed by atoms with Crippen LogP contribution in [0.4, 0.5) is 17.6 Å². The van der Waals surface area contributed by atoms with E-state index in [2.05, 4.69) is 15.9 Å². The van der Waals surface area contributed by atoms with Gasteiger partial charge >= 0.3 is 0 Å². The Balaban J connectivity index is 1.88. The maximum Gasteiger partial charge on any atom is 0.291 e. The second-order valence-electron chi connectivity index (χ2n) is 6.62. The number of nitrogens with zero attached hydrogens (tertiary/aromatic N) is 1. The number of hydrogen-bond donors (Lipinski definition) is 2. The Bertz CT molecular complexity index is 999. The molecule has 0 radical (unpaired) electrons. The Morgan fingerprint density at radius 1 is 1.26 bits per heavy atom. The highest BCUT2D eigenvalue weighted by molar-refractivity contribution is 9.10. The van der Waals surface area contributed by atoms with Crippen molar-refractivity contribution in [2.45, 2.75) is 25.2 Å². The first-order valence-electron chi connectivity index (χ1n) is 8.87. The zero-order valence-electron chi connectivity index (χ0n) is 16.0. The minimum Gasteiger partial charge on any atom is -0.496 e. The summed E-state index contributed by atoms with van der Waals surface area (Å²) in [5.74, 6) is -0.224. The van der Waals surface area contributed by atoms with Crippen molar-refractivity contribution in [3.63, 3.8) is 0 Å². The maximum absolute atomic E-state index is 13.4. The van der Waals surface area contributed by atoms with E-state index in [9.17, 15) is 27.5 Å². The Hall–Kier alpha value is -2.79. The second-order valence-corrected chi connectivity index (χ2v) is 7.53. The van der Waals surface area contributed by atoms with E-state index in [0.29, 0.717) is 17.1 Å². The summed E-state index contributed by atoms with van der Waals surface area (Å²) in [4.78, 5) is 12.8. The van der Waals surface area contributed by atoms with Gasteiger partial charge in [0.25, 0.3) is 18.4 Å². The summed E-state index contributed by atoms with van der Waals surface area (Å²) in [5.41, 5.74) is -1.92. The molecule has 1 saturated heterocycles. The number of rotatable bonds is 6. The van der Waals surface area contributed by atoms with E-state index in [4.69, 9.17) is 9.47 Å². The molecule has 1 atom stereocenters. The fourth-order valence-electron chi connectivity index (χ4n) is 2.97. The van der Waals surface area contributed by atoms with Gasteiger partial charge in [-0.05, 0) is 42.5 Å². The summed E-state index contributed by atoms with van der Waals surface area (Å²) in [6.45, 7) is -0.0251. The summed E-state index contributed by atoms with van der Waals surface area (Å²) >= 11 is 3.31. The van der Waals surface area contributed by atoms with Crippen molar-refractivity contribution in [1.29, 1.82) is 0 Å². The van der Waals surface area contributed by atoms with Gasteiger partial charge in [0.1, 0.15) is 23.8 Å². The van der Waals surface area contributed by atoms with Crippen LogP contribution in [0.25, 0.3) is 0 Å². The predicted molar refractivity (Wildman–Crippen MR) is 106 cm³/mol. The Labute approximate surface area is 183 Å². The van der Waals surface area contributed by atoms with Gasteiger partial charge in [0.2, 0.25) is 5.72 Å². The molecule has 0 bridgehead atoms. The monoisotopic (exact) mass is 504 g/mol. The summed E-state index contributed by atoms with van der Waals surface area (Å²) in [6, 6.07) is 11.0. The van der Waals surface area contributed by atoms with Crippen LogP contribution in [0.3, 0.4) is 0 Å². The minimum absolute atomic E-state index is 0.0251. The molecule has 1 aliphatic rings. The van der Waals surface area contributed by atoms with Gasteiger partial charge in [0, 0.05) is 15.6 Å². The smallest absolute Gasteiger partial charge is 0.291 e. The normalized spacial score (nSPS) is 18.2. The van der Waals surface area contributed by atoms with Crippen molar-refractivity contribution in [2.24, 2.45) is 0 Å². The Kier molecular flexibility index (Phi) is 6.75. The molecule has 1 unspecified atom stereocenters. The Morgan fingerprint density at radius 3 is 2.52 bits per heavy atom. The first-order chi connectivity index (χ1) is 14.7. The van der Waals surface area contributed by atoms with E-state index in [0.717, 1.165) is 4.47 Å². The molecule has 1 heterocycles. The number of benzene rings is 2. The fourth-order valence-corrected chi connectivity index (χ4v) is 3.23. The lowest BCUT2D eigenvalue weighted by atomic mass is 10.1. The van der Waals surface area contributed by atoms with Crippen LogP contribution in [0.15, 0.2) is 58.7 Å². The molecule has 1 fully saturated rings. The number of amides is 1. The molecule has 2 aromatic rings. The van der Waals surface area contributed by atoms with Crippen molar-refractivity contribution < 1.29 is 36.9 Å². The average Bonchev–Trinajstić information content (AvgIpc) is 3.12. The quantitative estimate of drug-likeness (QED) is 0.568. The van der Waals surface area contributed by atoms with E-state index in [1.165, 1.54) is 25.3 Å². The maximum atomic E-state index is 13.4. The molecule has 166 valence electrons. The van der Waals surface area contributed by atoms with Crippen LogP contribution in [-0.2, 0) is 6.61 Å². The molecule has 31 heavy (non-hydrogen) atoms. The number of hydrogen-bond acceptors (Lipinski definition) is 5. The minimum atomic E-state index is -3.49. The van der Waals surface area contributed by atoms with Crippen LogP contribution in [-0.4, -0.2) is 35.3 Å². The SMILES string of the molecule is COc1ccc(C(=O)N2NC(=C(F)F)CC2(O)C(F)F)cc1COc1ccc(Br)cc1. The van der Waals surface area contributed by atoms with Crippen LogP contribution >= 0.6 is 15.9 Å². The highest BCUT2D eigenvalue weighted by Crippen LogP contribution is 2.36. The number of nitrogens with one attached hydrogen (secondary N) is 1. The number of methoxy groups -OCH3 is 1. The number of ether oxygens (including phenoxy) is 2. The lowest BCUT2D eigenvalue weighted by Crippen LogP contribution is -2.55. The standard InChI is InChI=1S/C20H17BrF4N2O4/c1-30-16-7-2-11(8-12(16)10-31-14-5-3-13(21)4-6-14)18(28)27-20(29,19(24)25)9-15(26-27)17(22)23/h2-8,19,26,29H,9-10H2,1H3. The molecular formula is C20H17BrF4N2O4. The van der Waals surface area contributed by atoms with E-state index >= 15 is 0 Å². The zero-order valence-corrected chi connectivity index (χ0v) is 17.6. The number of hydrazine groups is 1. The van der Waals surface area contributed by atoms with E-state index in [1.807, 2.05) is 5.43 Å². The molecule has 1 aliphatic heterocycles. The third-order valence-electron chi connectivity index (χ3n) is 4.59. The number of aliphatic hydroxyl groups is 1. The largest absolute Gasteiger partial charge is 0.496 e. The summed E-state index contributed by atoms with van der Waals surface area (Å²) in [6.07, 6.45) is -6.92. The zero-order chi connectivity index (χ0) is 22.8. The predicted octanol–water partition coefficient (Wildman–Crippen LogP) is 4.45. The number of alkyl halides is 2. The number of carbonyl (C=O) groups excluding carboxylic acids is 1. The van der Waals surface area contributed by atoms with Gasteiger partial charge in [-0.2, -0.15) is 8.78 Å². The molecule has 0 aromatic heterocycles. The summed E-state index contributed by atoms with van der Waals surface area (Å²) < 4.78 is 64.5. The second kappa shape index (κ2) is 9.15. The molecule has 6 nitrogen and oxygen atoms in total. The van der Waals surface area contributed by atoms with Crippen LogP contribution in [0.2, 0.25) is 0 Å². The number of carbonyl (C=O) groups is 1. The van der Waals surface area contributed by atoms with Gasteiger partial charge < -0.3 is 14.6 Å². The van der Waals surface area contributed by atoms with Crippen molar-refractivity contribution in [2.75, 3.05) is 7.11 Å². The molecule has 1 amide bonds. The molecular weight excluding hydrogens is 488 g/mol. The van der Waals surface area contributed by atoms with Gasteiger partial charge in [-0.1, -0.05) is 15.9 Å². The molecule has 0 saturated carbocycles. The van der Waals surface area contributed by atoms with Crippen molar-refractivity contribution in [3.8, 4) is 11.5 Å². The first kappa shape index (κ1) is 22.9. The van der Waals surface area contributed by atoms with Gasteiger partial charge in [0.15, 0.2) is 0 Å². The highest BCUT2D eigenvalue weighted by atomic mass is 79.9. The van der Waals surface area contributed by atoms with Crippen molar-refractivity contribution in [1.82, 2.24) is 10.4 Å². The number of halogens is 5. The van der Waals surface area contributed by atoms with Crippen LogP contribution in [0, 0.1) is 0 Å².